The maximum absolute atomic E-state index is 4.03. The highest BCUT2D eigenvalue weighted by atomic mass is 14.9. The van der Waals surface area contributed by atoms with Gasteiger partial charge in [0.25, 0.3) is 0 Å². The molecule has 0 saturated carbocycles. The Bertz CT molecular complexity index is 206. The zero-order valence-corrected chi connectivity index (χ0v) is 12.1. The number of hydrogen-bond acceptors (Lipinski definition) is 1. The van der Waals surface area contributed by atoms with Crippen LogP contribution in [0.2, 0.25) is 0 Å². The van der Waals surface area contributed by atoms with Crippen LogP contribution in [0.25, 0.3) is 0 Å². The number of hydrogen-bond donors (Lipinski definition) is 1. The first kappa shape index (κ1) is 16.3. The fraction of sp³-hybridized carbons (Fsp3) is 0.750. The molecule has 0 aliphatic heterocycles. The van der Waals surface area contributed by atoms with Crippen molar-refractivity contribution in [3.05, 3.63) is 24.4 Å². The van der Waals surface area contributed by atoms with E-state index in [0.29, 0.717) is 6.04 Å². The van der Waals surface area contributed by atoms with Gasteiger partial charge in [0.05, 0.1) is 0 Å². The van der Waals surface area contributed by atoms with Crippen LogP contribution >= 0.6 is 0 Å². The minimum absolute atomic E-state index is 0.551. The van der Waals surface area contributed by atoms with Crippen molar-refractivity contribution in [2.24, 2.45) is 0 Å². The lowest BCUT2D eigenvalue weighted by atomic mass is 10.1. The molecule has 0 aromatic heterocycles. The summed E-state index contributed by atoms with van der Waals surface area (Å²) in [6.45, 7) is 10.7. The maximum atomic E-state index is 4.03. The van der Waals surface area contributed by atoms with Gasteiger partial charge in [0.15, 0.2) is 0 Å². The van der Waals surface area contributed by atoms with Crippen molar-refractivity contribution < 1.29 is 0 Å². The number of rotatable bonds is 11. The molecule has 0 heterocycles. The maximum Gasteiger partial charge on any atom is 0.0265 e. The summed E-state index contributed by atoms with van der Waals surface area (Å²) in [5, 5.41) is 3.45. The molecule has 0 aliphatic rings. The van der Waals surface area contributed by atoms with Crippen molar-refractivity contribution in [2.75, 3.05) is 0 Å². The fourth-order valence-electron chi connectivity index (χ4n) is 1.88. The van der Waals surface area contributed by atoms with Crippen molar-refractivity contribution in [1.82, 2.24) is 5.32 Å². The lowest BCUT2D eigenvalue weighted by Gasteiger charge is -2.15. The summed E-state index contributed by atoms with van der Waals surface area (Å²) in [5.41, 5.74) is 1.06. The molecule has 1 N–H and O–H groups in total. The predicted molar refractivity (Wildman–Crippen MR) is 79.2 cm³/mol. The summed E-state index contributed by atoms with van der Waals surface area (Å²) in [4.78, 5) is 0. The van der Waals surface area contributed by atoms with E-state index in [0.717, 1.165) is 12.1 Å². The molecular weight excluding hydrogens is 206 g/mol. The lowest BCUT2D eigenvalue weighted by molar-refractivity contribution is 0.519. The molecular formula is C16H31N. The molecule has 17 heavy (non-hydrogen) atoms. The SMILES string of the molecule is C=C(/C=C\CCC)NC(C)CCCCCCC. The van der Waals surface area contributed by atoms with Crippen LogP contribution in [-0.4, -0.2) is 6.04 Å². The van der Waals surface area contributed by atoms with E-state index >= 15 is 0 Å². The molecule has 0 spiro atoms. The summed E-state index contributed by atoms with van der Waals surface area (Å²) >= 11 is 0. The van der Waals surface area contributed by atoms with Crippen molar-refractivity contribution in [1.29, 1.82) is 0 Å². The van der Waals surface area contributed by atoms with E-state index in [-0.39, 0.29) is 0 Å². The molecule has 0 aromatic rings. The van der Waals surface area contributed by atoms with Crippen LogP contribution in [0, 0.1) is 0 Å². The van der Waals surface area contributed by atoms with Crippen LogP contribution in [0.4, 0.5) is 0 Å². The Kier molecular flexibility index (Phi) is 11.3. The molecule has 1 nitrogen and oxygen atoms in total. The highest BCUT2D eigenvalue weighted by Crippen LogP contribution is 2.08. The van der Waals surface area contributed by atoms with Crippen molar-refractivity contribution >= 4 is 0 Å². The van der Waals surface area contributed by atoms with Gasteiger partial charge in [-0.3, -0.25) is 0 Å². The molecule has 0 aliphatic carbocycles. The van der Waals surface area contributed by atoms with E-state index in [2.05, 4.69) is 44.8 Å². The molecule has 0 aromatic carbocycles. The number of unbranched alkanes of at least 4 members (excludes halogenated alkanes) is 5. The van der Waals surface area contributed by atoms with E-state index in [1.54, 1.807) is 0 Å². The molecule has 0 saturated heterocycles. The van der Waals surface area contributed by atoms with Crippen LogP contribution in [0.3, 0.4) is 0 Å². The van der Waals surface area contributed by atoms with Gasteiger partial charge in [-0.05, 0) is 25.8 Å². The zero-order chi connectivity index (χ0) is 12.9. The molecule has 0 radical (unpaired) electrons. The topological polar surface area (TPSA) is 12.0 Å². The van der Waals surface area contributed by atoms with Crippen LogP contribution in [-0.2, 0) is 0 Å². The standard InChI is InChI=1S/C16H31N/c1-5-7-9-10-12-14-16(4)17-15(3)13-11-8-6-2/h11,13,16-17H,3,5-10,12,14H2,1-2,4H3/b13-11-. The second-order valence-corrected chi connectivity index (χ2v) is 4.96. The van der Waals surface area contributed by atoms with Gasteiger partial charge in [0.2, 0.25) is 0 Å². The first-order valence-electron chi connectivity index (χ1n) is 7.32. The Hall–Kier alpha value is -0.720. The minimum atomic E-state index is 0.551. The highest BCUT2D eigenvalue weighted by Gasteiger charge is 2.00. The smallest absolute Gasteiger partial charge is 0.0265 e. The number of allylic oxidation sites excluding steroid dienone is 2. The van der Waals surface area contributed by atoms with Gasteiger partial charge in [-0.1, -0.05) is 65.0 Å². The van der Waals surface area contributed by atoms with Gasteiger partial charge < -0.3 is 5.32 Å². The molecule has 0 rings (SSSR count). The van der Waals surface area contributed by atoms with Crippen molar-refractivity contribution in [3.63, 3.8) is 0 Å². The molecule has 0 fully saturated rings. The molecule has 0 amide bonds. The third-order valence-corrected chi connectivity index (χ3v) is 2.95. The Morgan fingerprint density at radius 3 is 2.47 bits per heavy atom. The molecule has 1 atom stereocenters. The minimum Gasteiger partial charge on any atom is -0.383 e. The molecule has 100 valence electrons. The van der Waals surface area contributed by atoms with Crippen LogP contribution in [0.15, 0.2) is 24.4 Å². The van der Waals surface area contributed by atoms with Crippen LogP contribution in [0.5, 0.6) is 0 Å². The zero-order valence-electron chi connectivity index (χ0n) is 12.1. The van der Waals surface area contributed by atoms with Gasteiger partial charge in [0, 0.05) is 11.7 Å². The first-order chi connectivity index (χ1) is 8.20. The van der Waals surface area contributed by atoms with E-state index in [4.69, 9.17) is 0 Å². The predicted octanol–water partition coefficient (Wildman–Crippen LogP) is 5.20. The van der Waals surface area contributed by atoms with E-state index < -0.39 is 0 Å². The van der Waals surface area contributed by atoms with Crippen molar-refractivity contribution in [3.8, 4) is 0 Å². The summed E-state index contributed by atoms with van der Waals surface area (Å²) in [5.74, 6) is 0. The van der Waals surface area contributed by atoms with Gasteiger partial charge in [-0.25, -0.2) is 0 Å². The average Bonchev–Trinajstić information content (AvgIpc) is 2.29. The first-order valence-corrected chi connectivity index (χ1v) is 7.32. The third kappa shape index (κ3) is 11.5. The lowest BCUT2D eigenvalue weighted by Crippen LogP contribution is -2.23. The third-order valence-electron chi connectivity index (χ3n) is 2.95. The second kappa shape index (κ2) is 11.8. The summed E-state index contributed by atoms with van der Waals surface area (Å²) < 4.78 is 0. The van der Waals surface area contributed by atoms with Gasteiger partial charge in [0.1, 0.15) is 0 Å². The quantitative estimate of drug-likeness (QED) is 0.385. The molecule has 1 heteroatoms. The van der Waals surface area contributed by atoms with Crippen LogP contribution in [0.1, 0.15) is 72.1 Å². The van der Waals surface area contributed by atoms with E-state index in [9.17, 15) is 0 Å². The Morgan fingerprint density at radius 1 is 1.12 bits per heavy atom. The summed E-state index contributed by atoms with van der Waals surface area (Å²) in [7, 11) is 0. The largest absolute Gasteiger partial charge is 0.383 e. The highest BCUT2D eigenvalue weighted by molar-refractivity contribution is 5.12. The van der Waals surface area contributed by atoms with Gasteiger partial charge >= 0.3 is 0 Å². The Balaban J connectivity index is 3.50. The van der Waals surface area contributed by atoms with E-state index in [1.807, 2.05) is 0 Å². The summed E-state index contributed by atoms with van der Waals surface area (Å²) in [6.07, 6.45) is 14.7. The fourth-order valence-corrected chi connectivity index (χ4v) is 1.88. The molecule has 0 bridgehead atoms. The normalized spacial score (nSPS) is 12.9. The average molecular weight is 237 g/mol. The Labute approximate surface area is 108 Å². The Morgan fingerprint density at radius 2 is 1.82 bits per heavy atom. The van der Waals surface area contributed by atoms with E-state index in [1.165, 1.54) is 44.9 Å². The van der Waals surface area contributed by atoms with Gasteiger partial charge in [-0.15, -0.1) is 0 Å². The van der Waals surface area contributed by atoms with Gasteiger partial charge in [-0.2, -0.15) is 0 Å². The van der Waals surface area contributed by atoms with Crippen LogP contribution < -0.4 is 5.32 Å². The second-order valence-electron chi connectivity index (χ2n) is 4.96. The summed E-state index contributed by atoms with van der Waals surface area (Å²) in [6, 6.07) is 0.551. The number of nitrogens with one attached hydrogen (secondary N) is 1. The molecule has 1 unspecified atom stereocenters. The monoisotopic (exact) mass is 237 g/mol. The van der Waals surface area contributed by atoms with Crippen molar-refractivity contribution in [2.45, 2.75) is 78.2 Å².